The van der Waals surface area contributed by atoms with Crippen LogP contribution < -0.4 is 16.4 Å². The number of allylic oxidation sites excluding steroid dienone is 2. The summed E-state index contributed by atoms with van der Waals surface area (Å²) in [7, 11) is 0. The van der Waals surface area contributed by atoms with Gasteiger partial charge in [-0.1, -0.05) is 49.7 Å². The van der Waals surface area contributed by atoms with E-state index in [1.54, 1.807) is 6.07 Å². The summed E-state index contributed by atoms with van der Waals surface area (Å²) in [6.45, 7) is 10.8. The lowest BCUT2D eigenvalue weighted by atomic mass is 9.93. The molecule has 0 aliphatic heterocycles. The third kappa shape index (κ3) is 4.93. The van der Waals surface area contributed by atoms with E-state index in [2.05, 4.69) is 50.2 Å². The standard InChI is InChI=1S/C25H29N7O2/c1-15(2)10-11-32-13-18(21-22(26)27-14-28-23(21)32)16-6-8-17(9-7-16)29-24(33)30-20-12-19(34-31-20)25(3,4)5/h6-10,12-14H,11H2,1-5H3,(H2,26,27,28)(H2,29,30,31,33). The fraction of sp³-hybridized carbons (Fsp3) is 0.280. The van der Waals surface area contributed by atoms with Crippen LogP contribution in [0.15, 0.2) is 59.0 Å². The molecule has 0 radical (unpaired) electrons. The highest BCUT2D eigenvalue weighted by Crippen LogP contribution is 2.33. The Kier molecular flexibility index (Phi) is 6.10. The SMILES string of the molecule is CC(C)=CCn1cc(-c2ccc(NC(=O)Nc3cc(C(C)(C)C)on3)cc2)c2c(N)ncnc21. The molecule has 0 aliphatic rings. The fourth-order valence-electron chi connectivity index (χ4n) is 3.49. The van der Waals surface area contributed by atoms with Gasteiger partial charge in [0, 0.05) is 35.5 Å². The van der Waals surface area contributed by atoms with E-state index in [0.29, 0.717) is 29.6 Å². The van der Waals surface area contributed by atoms with Crippen molar-refractivity contribution < 1.29 is 9.32 Å². The van der Waals surface area contributed by atoms with E-state index in [4.69, 9.17) is 10.3 Å². The molecule has 4 aromatic rings. The number of nitrogen functional groups attached to an aromatic ring is 1. The van der Waals surface area contributed by atoms with Crippen LogP contribution in [0.5, 0.6) is 0 Å². The Morgan fingerprint density at radius 1 is 1.15 bits per heavy atom. The Balaban J connectivity index is 1.53. The second kappa shape index (κ2) is 9.01. The summed E-state index contributed by atoms with van der Waals surface area (Å²) in [4.78, 5) is 21.0. The van der Waals surface area contributed by atoms with Crippen LogP contribution in [0.2, 0.25) is 0 Å². The Hall–Kier alpha value is -4.14. The number of hydrogen-bond acceptors (Lipinski definition) is 6. The minimum atomic E-state index is -0.405. The largest absolute Gasteiger partial charge is 0.383 e. The Labute approximate surface area is 198 Å². The number of nitrogens with two attached hydrogens (primary N) is 1. The van der Waals surface area contributed by atoms with Crippen LogP contribution in [-0.2, 0) is 12.0 Å². The molecule has 1 aromatic carbocycles. The molecule has 9 nitrogen and oxygen atoms in total. The number of amides is 2. The van der Waals surface area contributed by atoms with Gasteiger partial charge in [-0.2, -0.15) is 0 Å². The zero-order valence-electron chi connectivity index (χ0n) is 20.0. The molecule has 3 aromatic heterocycles. The van der Waals surface area contributed by atoms with Gasteiger partial charge in [-0.15, -0.1) is 0 Å². The number of carbonyl (C=O) groups excluding carboxylic acids is 1. The van der Waals surface area contributed by atoms with Crippen molar-refractivity contribution in [3.63, 3.8) is 0 Å². The monoisotopic (exact) mass is 459 g/mol. The second-order valence-electron chi connectivity index (χ2n) is 9.42. The molecule has 176 valence electrons. The number of fused-ring (bicyclic) bond motifs is 1. The van der Waals surface area contributed by atoms with Crippen LogP contribution in [0.4, 0.5) is 22.1 Å². The third-order valence-electron chi connectivity index (χ3n) is 5.32. The number of nitrogens with zero attached hydrogens (tertiary/aromatic N) is 4. The first-order chi connectivity index (χ1) is 16.1. The van der Waals surface area contributed by atoms with Gasteiger partial charge in [0.05, 0.1) is 5.39 Å². The molecule has 0 atom stereocenters. The van der Waals surface area contributed by atoms with E-state index in [1.165, 1.54) is 11.9 Å². The van der Waals surface area contributed by atoms with Crippen molar-refractivity contribution in [2.45, 2.75) is 46.6 Å². The van der Waals surface area contributed by atoms with Crippen molar-refractivity contribution >= 4 is 34.4 Å². The first kappa shape index (κ1) is 23.0. The molecule has 0 fully saturated rings. The van der Waals surface area contributed by atoms with Crippen LogP contribution in [0.3, 0.4) is 0 Å². The number of benzene rings is 1. The van der Waals surface area contributed by atoms with E-state index >= 15 is 0 Å². The van der Waals surface area contributed by atoms with E-state index < -0.39 is 6.03 Å². The number of urea groups is 1. The van der Waals surface area contributed by atoms with E-state index in [-0.39, 0.29) is 5.41 Å². The average Bonchev–Trinajstić information content (AvgIpc) is 3.38. The van der Waals surface area contributed by atoms with Gasteiger partial charge in [0.25, 0.3) is 0 Å². The van der Waals surface area contributed by atoms with Gasteiger partial charge in [0.15, 0.2) is 5.82 Å². The maximum Gasteiger partial charge on any atom is 0.324 e. The van der Waals surface area contributed by atoms with Gasteiger partial charge in [-0.25, -0.2) is 14.8 Å². The Morgan fingerprint density at radius 2 is 1.88 bits per heavy atom. The van der Waals surface area contributed by atoms with Crippen LogP contribution in [0.1, 0.15) is 40.4 Å². The molecule has 2 amide bonds. The first-order valence-electron chi connectivity index (χ1n) is 11.0. The molecule has 4 N–H and O–H groups in total. The highest BCUT2D eigenvalue weighted by Gasteiger charge is 2.20. The molecule has 0 spiro atoms. The van der Waals surface area contributed by atoms with Crippen molar-refractivity contribution in [2.24, 2.45) is 0 Å². The molecule has 34 heavy (non-hydrogen) atoms. The maximum atomic E-state index is 12.4. The summed E-state index contributed by atoms with van der Waals surface area (Å²) in [5.41, 5.74) is 10.5. The normalized spacial score (nSPS) is 11.4. The van der Waals surface area contributed by atoms with Gasteiger partial charge in [-0.05, 0) is 31.5 Å². The van der Waals surface area contributed by atoms with Gasteiger partial charge < -0.3 is 20.1 Å². The van der Waals surface area contributed by atoms with Gasteiger partial charge in [0.1, 0.15) is 23.6 Å². The number of rotatable bonds is 5. The lowest BCUT2D eigenvalue weighted by molar-refractivity contribution is 0.262. The Morgan fingerprint density at radius 3 is 2.53 bits per heavy atom. The highest BCUT2D eigenvalue weighted by atomic mass is 16.5. The summed E-state index contributed by atoms with van der Waals surface area (Å²) in [6.07, 6.45) is 5.64. The van der Waals surface area contributed by atoms with Gasteiger partial charge in [0.2, 0.25) is 0 Å². The van der Waals surface area contributed by atoms with Gasteiger partial charge in [-0.3, -0.25) is 5.32 Å². The summed E-state index contributed by atoms with van der Waals surface area (Å²) >= 11 is 0. The molecular weight excluding hydrogens is 430 g/mol. The minimum absolute atomic E-state index is 0.192. The van der Waals surface area contributed by atoms with E-state index in [9.17, 15) is 4.79 Å². The summed E-state index contributed by atoms with van der Waals surface area (Å²) in [5.74, 6) is 1.48. The predicted molar refractivity (Wildman–Crippen MR) is 135 cm³/mol. The minimum Gasteiger partial charge on any atom is -0.383 e. The van der Waals surface area contributed by atoms with Crippen LogP contribution in [0.25, 0.3) is 22.2 Å². The van der Waals surface area contributed by atoms with Crippen molar-refractivity contribution in [3.8, 4) is 11.1 Å². The van der Waals surface area contributed by atoms with Crippen molar-refractivity contribution in [3.05, 3.63) is 60.3 Å². The number of hydrogen-bond donors (Lipinski definition) is 3. The van der Waals surface area contributed by atoms with Crippen LogP contribution in [0, 0.1) is 0 Å². The number of aromatic nitrogens is 4. The molecule has 3 heterocycles. The lowest BCUT2D eigenvalue weighted by Crippen LogP contribution is -2.19. The van der Waals surface area contributed by atoms with Crippen LogP contribution >= 0.6 is 0 Å². The molecule has 0 unspecified atom stereocenters. The lowest BCUT2D eigenvalue weighted by Gasteiger charge is -2.12. The van der Waals surface area contributed by atoms with E-state index in [1.807, 2.05) is 51.2 Å². The molecule has 0 aliphatic carbocycles. The summed E-state index contributed by atoms with van der Waals surface area (Å²) in [6, 6.07) is 8.83. The second-order valence-corrected chi connectivity index (χ2v) is 9.42. The van der Waals surface area contributed by atoms with Gasteiger partial charge >= 0.3 is 6.03 Å². The van der Waals surface area contributed by atoms with Crippen LogP contribution in [-0.4, -0.2) is 25.7 Å². The summed E-state index contributed by atoms with van der Waals surface area (Å²) < 4.78 is 7.36. The van der Waals surface area contributed by atoms with E-state index in [0.717, 1.165) is 22.2 Å². The maximum absolute atomic E-state index is 12.4. The zero-order valence-corrected chi connectivity index (χ0v) is 20.0. The number of nitrogens with one attached hydrogen (secondary N) is 2. The zero-order chi connectivity index (χ0) is 24.5. The highest BCUT2D eigenvalue weighted by molar-refractivity contribution is 6.02. The molecule has 0 saturated carbocycles. The fourth-order valence-corrected chi connectivity index (χ4v) is 3.49. The number of anilines is 3. The molecule has 4 rings (SSSR count). The quantitative estimate of drug-likeness (QED) is 0.335. The first-order valence-corrected chi connectivity index (χ1v) is 11.0. The average molecular weight is 460 g/mol. The molecule has 0 saturated heterocycles. The number of carbonyl (C=O) groups is 1. The topological polar surface area (TPSA) is 124 Å². The molecule has 0 bridgehead atoms. The predicted octanol–water partition coefficient (Wildman–Crippen LogP) is 5.58. The third-order valence-corrected chi connectivity index (χ3v) is 5.32. The van der Waals surface area contributed by atoms with Crippen molar-refractivity contribution in [1.82, 2.24) is 19.7 Å². The molecular formula is C25H29N7O2. The Bertz CT molecular complexity index is 1350. The smallest absolute Gasteiger partial charge is 0.324 e. The van der Waals surface area contributed by atoms with Crippen molar-refractivity contribution in [2.75, 3.05) is 16.4 Å². The van der Waals surface area contributed by atoms with Crippen molar-refractivity contribution in [1.29, 1.82) is 0 Å². The summed E-state index contributed by atoms with van der Waals surface area (Å²) in [5, 5.41) is 10.2. The molecule has 9 heteroatoms.